The molecule has 0 spiro atoms. The molecule has 0 amide bonds. The number of nitrogens with one attached hydrogen (secondary N) is 2. The van der Waals surface area contributed by atoms with Gasteiger partial charge in [-0.2, -0.15) is 0 Å². The van der Waals surface area contributed by atoms with Crippen molar-refractivity contribution in [1.82, 2.24) is 4.72 Å². The minimum atomic E-state index is -3.36. The summed E-state index contributed by atoms with van der Waals surface area (Å²) in [7, 11) is -3.36. The van der Waals surface area contributed by atoms with E-state index in [9.17, 15) is 8.42 Å². The van der Waals surface area contributed by atoms with Crippen molar-refractivity contribution in [2.24, 2.45) is 5.73 Å². The molecule has 102 valence electrons. The second kappa shape index (κ2) is 7.35. The van der Waals surface area contributed by atoms with Crippen LogP contribution >= 0.6 is 0 Å². The van der Waals surface area contributed by atoms with Gasteiger partial charge in [0.15, 0.2) is 0 Å². The molecule has 1 rings (SSSR count). The molecule has 0 saturated heterocycles. The maximum atomic E-state index is 11.8. The van der Waals surface area contributed by atoms with Crippen molar-refractivity contribution in [1.29, 1.82) is 0 Å². The van der Waals surface area contributed by atoms with E-state index < -0.39 is 10.0 Å². The Labute approximate surface area is 109 Å². The Balaban J connectivity index is 2.64. The molecule has 0 aromatic heterocycles. The van der Waals surface area contributed by atoms with Crippen LogP contribution in [0.25, 0.3) is 0 Å². The SMILES string of the molecule is CCCNS(=O)(=O)c1ccc(NCCCN)cc1. The predicted octanol–water partition coefficient (Wildman–Crippen LogP) is 1.14. The van der Waals surface area contributed by atoms with Crippen molar-refractivity contribution in [3.63, 3.8) is 0 Å². The van der Waals surface area contributed by atoms with Crippen molar-refractivity contribution in [3.05, 3.63) is 24.3 Å². The molecule has 0 bridgehead atoms. The van der Waals surface area contributed by atoms with Crippen LogP contribution in [-0.2, 0) is 10.0 Å². The van der Waals surface area contributed by atoms with Gasteiger partial charge in [-0.25, -0.2) is 13.1 Å². The summed E-state index contributed by atoms with van der Waals surface area (Å²) in [5.41, 5.74) is 6.29. The lowest BCUT2D eigenvalue weighted by molar-refractivity contribution is 0.581. The largest absolute Gasteiger partial charge is 0.385 e. The maximum Gasteiger partial charge on any atom is 0.240 e. The van der Waals surface area contributed by atoms with E-state index in [4.69, 9.17) is 5.73 Å². The smallest absolute Gasteiger partial charge is 0.240 e. The molecule has 1 aromatic rings. The molecule has 0 aliphatic heterocycles. The Morgan fingerprint density at radius 2 is 1.83 bits per heavy atom. The van der Waals surface area contributed by atoms with E-state index in [1.807, 2.05) is 6.92 Å². The first-order valence-corrected chi connectivity index (χ1v) is 7.62. The molecule has 0 unspecified atom stereocenters. The number of anilines is 1. The average molecular weight is 271 g/mol. The lowest BCUT2D eigenvalue weighted by atomic mass is 10.3. The minimum absolute atomic E-state index is 0.292. The van der Waals surface area contributed by atoms with Gasteiger partial charge in [-0.1, -0.05) is 6.92 Å². The molecule has 0 aliphatic carbocycles. The fraction of sp³-hybridized carbons (Fsp3) is 0.500. The molecule has 4 N–H and O–H groups in total. The number of hydrogen-bond acceptors (Lipinski definition) is 4. The molecule has 6 heteroatoms. The number of sulfonamides is 1. The summed E-state index contributed by atoms with van der Waals surface area (Å²) in [6.07, 6.45) is 1.66. The van der Waals surface area contributed by atoms with Gasteiger partial charge >= 0.3 is 0 Å². The Kier molecular flexibility index (Phi) is 6.11. The molecule has 0 saturated carbocycles. The molecule has 1 aromatic carbocycles. The molecular formula is C12H21N3O2S. The van der Waals surface area contributed by atoms with Crippen LogP contribution in [-0.4, -0.2) is 28.1 Å². The molecule has 0 aliphatic rings. The van der Waals surface area contributed by atoms with Crippen molar-refractivity contribution in [2.75, 3.05) is 25.0 Å². The molecule has 0 radical (unpaired) electrons. The van der Waals surface area contributed by atoms with Crippen LogP contribution in [0.3, 0.4) is 0 Å². The Morgan fingerprint density at radius 1 is 1.17 bits per heavy atom. The van der Waals surface area contributed by atoms with Crippen molar-refractivity contribution < 1.29 is 8.42 Å². The third kappa shape index (κ3) is 4.64. The van der Waals surface area contributed by atoms with E-state index in [0.29, 0.717) is 18.0 Å². The first kappa shape index (κ1) is 14.9. The highest BCUT2D eigenvalue weighted by Gasteiger charge is 2.12. The van der Waals surface area contributed by atoms with E-state index in [2.05, 4.69) is 10.0 Å². The fourth-order valence-electron chi connectivity index (χ4n) is 1.41. The Bertz CT molecular complexity index is 443. The summed E-state index contributed by atoms with van der Waals surface area (Å²) >= 11 is 0. The molecule has 0 atom stereocenters. The van der Waals surface area contributed by atoms with Crippen LogP contribution in [0.5, 0.6) is 0 Å². The van der Waals surface area contributed by atoms with Crippen molar-refractivity contribution in [3.8, 4) is 0 Å². The zero-order valence-electron chi connectivity index (χ0n) is 10.6. The van der Waals surface area contributed by atoms with Gasteiger partial charge in [0.05, 0.1) is 4.90 Å². The summed E-state index contributed by atoms with van der Waals surface area (Å²) in [6.45, 7) is 3.81. The van der Waals surface area contributed by atoms with Gasteiger partial charge in [0, 0.05) is 18.8 Å². The first-order chi connectivity index (χ1) is 8.60. The minimum Gasteiger partial charge on any atom is -0.385 e. The third-order valence-electron chi connectivity index (χ3n) is 2.42. The quantitative estimate of drug-likeness (QED) is 0.619. The zero-order chi connectivity index (χ0) is 13.4. The second-order valence-electron chi connectivity index (χ2n) is 3.99. The monoisotopic (exact) mass is 271 g/mol. The van der Waals surface area contributed by atoms with E-state index >= 15 is 0 Å². The lowest BCUT2D eigenvalue weighted by Gasteiger charge is -2.08. The summed E-state index contributed by atoms with van der Waals surface area (Å²) in [4.78, 5) is 0.292. The molecule has 5 nitrogen and oxygen atoms in total. The zero-order valence-corrected chi connectivity index (χ0v) is 11.5. The highest BCUT2D eigenvalue weighted by atomic mass is 32.2. The van der Waals surface area contributed by atoms with E-state index in [0.717, 1.165) is 25.1 Å². The number of rotatable bonds is 8. The molecule has 0 heterocycles. The van der Waals surface area contributed by atoms with Crippen LogP contribution < -0.4 is 15.8 Å². The van der Waals surface area contributed by atoms with Gasteiger partial charge in [0.1, 0.15) is 0 Å². The fourth-order valence-corrected chi connectivity index (χ4v) is 2.54. The third-order valence-corrected chi connectivity index (χ3v) is 3.89. The van der Waals surface area contributed by atoms with Crippen molar-refractivity contribution in [2.45, 2.75) is 24.7 Å². The molecular weight excluding hydrogens is 250 g/mol. The second-order valence-corrected chi connectivity index (χ2v) is 5.76. The van der Waals surface area contributed by atoms with Gasteiger partial charge in [-0.05, 0) is 43.7 Å². The summed E-state index contributed by atoms with van der Waals surface area (Å²) in [5, 5.41) is 3.17. The molecule has 18 heavy (non-hydrogen) atoms. The number of nitrogens with two attached hydrogens (primary N) is 1. The summed E-state index contributed by atoms with van der Waals surface area (Å²) < 4.78 is 26.2. The normalized spacial score (nSPS) is 11.4. The van der Waals surface area contributed by atoms with Crippen molar-refractivity contribution >= 4 is 15.7 Å². The van der Waals surface area contributed by atoms with Gasteiger partial charge in [-0.3, -0.25) is 0 Å². The van der Waals surface area contributed by atoms with Gasteiger partial charge in [0.2, 0.25) is 10.0 Å². The molecule has 0 fully saturated rings. The van der Waals surface area contributed by atoms with Crippen LogP contribution in [0.4, 0.5) is 5.69 Å². The first-order valence-electron chi connectivity index (χ1n) is 6.14. The topological polar surface area (TPSA) is 84.2 Å². The lowest BCUT2D eigenvalue weighted by Crippen LogP contribution is -2.24. The maximum absolute atomic E-state index is 11.8. The van der Waals surface area contributed by atoms with E-state index in [-0.39, 0.29) is 0 Å². The summed E-state index contributed by atoms with van der Waals surface area (Å²) in [6, 6.07) is 6.72. The summed E-state index contributed by atoms with van der Waals surface area (Å²) in [5.74, 6) is 0. The average Bonchev–Trinajstić information content (AvgIpc) is 2.37. The highest BCUT2D eigenvalue weighted by molar-refractivity contribution is 7.89. The van der Waals surface area contributed by atoms with E-state index in [1.165, 1.54) is 0 Å². The van der Waals surface area contributed by atoms with Crippen LogP contribution in [0.2, 0.25) is 0 Å². The van der Waals surface area contributed by atoms with Crippen LogP contribution in [0, 0.1) is 0 Å². The number of benzene rings is 1. The van der Waals surface area contributed by atoms with Gasteiger partial charge in [0.25, 0.3) is 0 Å². The predicted molar refractivity (Wildman–Crippen MR) is 74.1 cm³/mol. The van der Waals surface area contributed by atoms with Gasteiger partial charge < -0.3 is 11.1 Å². The Hall–Kier alpha value is -1.11. The van der Waals surface area contributed by atoms with Gasteiger partial charge in [-0.15, -0.1) is 0 Å². The van der Waals surface area contributed by atoms with Crippen LogP contribution in [0.15, 0.2) is 29.2 Å². The Morgan fingerprint density at radius 3 is 2.39 bits per heavy atom. The van der Waals surface area contributed by atoms with Crippen LogP contribution in [0.1, 0.15) is 19.8 Å². The number of hydrogen-bond donors (Lipinski definition) is 3. The standard InChI is InChI=1S/C12H21N3O2S/c1-2-9-15-18(16,17)12-6-4-11(5-7-12)14-10-3-8-13/h4-7,14-15H,2-3,8-10,13H2,1H3. The van der Waals surface area contributed by atoms with E-state index in [1.54, 1.807) is 24.3 Å². The highest BCUT2D eigenvalue weighted by Crippen LogP contribution is 2.13.